The summed E-state index contributed by atoms with van der Waals surface area (Å²) in [4.78, 5) is 2.52. The molecule has 1 aliphatic rings. The molecule has 0 aromatic heterocycles. The largest absolute Gasteiger partial charge is 0.396 e. The number of aliphatic hydroxyl groups is 1. The van der Waals surface area contributed by atoms with E-state index >= 15 is 0 Å². The number of benzene rings is 1. The third kappa shape index (κ3) is 2.63. The predicted octanol–water partition coefficient (Wildman–Crippen LogP) is 2.45. The summed E-state index contributed by atoms with van der Waals surface area (Å²) >= 11 is 0. The van der Waals surface area contributed by atoms with E-state index in [9.17, 15) is 0 Å². The van der Waals surface area contributed by atoms with E-state index < -0.39 is 0 Å². The lowest BCUT2D eigenvalue weighted by Gasteiger charge is -2.24. The van der Waals surface area contributed by atoms with E-state index in [0.29, 0.717) is 18.6 Å². The van der Waals surface area contributed by atoms with Crippen molar-refractivity contribution < 1.29 is 5.11 Å². The second-order valence-electron chi connectivity index (χ2n) is 4.75. The van der Waals surface area contributed by atoms with E-state index in [1.54, 1.807) is 0 Å². The summed E-state index contributed by atoms with van der Waals surface area (Å²) < 4.78 is 0. The maximum atomic E-state index is 8.95. The summed E-state index contributed by atoms with van der Waals surface area (Å²) in [5, 5.41) is 8.95. The minimum atomic E-state index is 0.332. The van der Waals surface area contributed by atoms with Crippen molar-refractivity contribution in [3.63, 3.8) is 0 Å². The van der Waals surface area contributed by atoms with Gasteiger partial charge in [0.15, 0.2) is 0 Å². The van der Waals surface area contributed by atoms with E-state index in [1.165, 1.54) is 18.5 Å². The van der Waals surface area contributed by atoms with Gasteiger partial charge in [0, 0.05) is 19.2 Å². The average Bonchev–Trinajstić information content (AvgIpc) is 2.78. The van der Waals surface area contributed by atoms with Gasteiger partial charge in [-0.2, -0.15) is 0 Å². The van der Waals surface area contributed by atoms with Crippen LogP contribution in [0.25, 0.3) is 0 Å². The van der Waals surface area contributed by atoms with Gasteiger partial charge in [-0.15, -0.1) is 0 Å². The highest BCUT2D eigenvalue weighted by molar-refractivity contribution is 5.18. The minimum Gasteiger partial charge on any atom is -0.396 e. The molecule has 0 spiro atoms. The van der Waals surface area contributed by atoms with Gasteiger partial charge in [0.05, 0.1) is 0 Å². The SMILES string of the molecule is CC(c1ccccc1)N1CCC(CCO)C1. The van der Waals surface area contributed by atoms with Crippen LogP contribution in [0, 0.1) is 5.92 Å². The molecule has 1 fully saturated rings. The Morgan fingerprint density at radius 3 is 2.81 bits per heavy atom. The fourth-order valence-corrected chi connectivity index (χ4v) is 2.57. The van der Waals surface area contributed by atoms with Crippen molar-refractivity contribution >= 4 is 0 Å². The summed E-state index contributed by atoms with van der Waals surface area (Å²) in [7, 11) is 0. The lowest BCUT2D eigenvalue weighted by atomic mass is 10.1. The molecule has 1 saturated heterocycles. The Morgan fingerprint density at radius 2 is 2.12 bits per heavy atom. The van der Waals surface area contributed by atoms with Gasteiger partial charge in [-0.25, -0.2) is 0 Å². The molecule has 1 aliphatic heterocycles. The number of likely N-dealkylation sites (tertiary alicyclic amines) is 1. The molecule has 0 amide bonds. The van der Waals surface area contributed by atoms with Crippen molar-refractivity contribution in [1.82, 2.24) is 4.90 Å². The van der Waals surface area contributed by atoms with E-state index in [-0.39, 0.29) is 0 Å². The lowest BCUT2D eigenvalue weighted by molar-refractivity contribution is 0.229. The quantitative estimate of drug-likeness (QED) is 0.841. The van der Waals surface area contributed by atoms with Crippen LogP contribution < -0.4 is 0 Å². The van der Waals surface area contributed by atoms with Gasteiger partial charge in [-0.05, 0) is 37.8 Å². The highest BCUT2D eigenvalue weighted by Gasteiger charge is 2.25. The fourth-order valence-electron chi connectivity index (χ4n) is 2.57. The molecule has 2 atom stereocenters. The molecule has 0 radical (unpaired) electrons. The van der Waals surface area contributed by atoms with Gasteiger partial charge in [0.25, 0.3) is 0 Å². The van der Waals surface area contributed by atoms with Crippen LogP contribution in [-0.4, -0.2) is 29.7 Å². The average molecular weight is 219 g/mol. The Bertz CT molecular complexity index is 312. The van der Waals surface area contributed by atoms with Gasteiger partial charge in [0.1, 0.15) is 0 Å². The van der Waals surface area contributed by atoms with Crippen LogP contribution >= 0.6 is 0 Å². The predicted molar refractivity (Wildman–Crippen MR) is 66.2 cm³/mol. The second-order valence-corrected chi connectivity index (χ2v) is 4.75. The van der Waals surface area contributed by atoms with Crippen molar-refractivity contribution in [1.29, 1.82) is 0 Å². The van der Waals surface area contributed by atoms with Crippen molar-refractivity contribution in [2.24, 2.45) is 5.92 Å². The van der Waals surface area contributed by atoms with Crippen LogP contribution in [0.3, 0.4) is 0 Å². The van der Waals surface area contributed by atoms with Gasteiger partial charge in [0.2, 0.25) is 0 Å². The molecule has 0 bridgehead atoms. The maximum Gasteiger partial charge on any atom is 0.0434 e. The van der Waals surface area contributed by atoms with Crippen molar-refractivity contribution in [3.05, 3.63) is 35.9 Å². The Balaban J connectivity index is 1.94. The van der Waals surface area contributed by atoms with Crippen LogP contribution in [0.1, 0.15) is 31.4 Å². The molecule has 2 heteroatoms. The van der Waals surface area contributed by atoms with E-state index in [0.717, 1.165) is 13.0 Å². The molecule has 1 N–H and O–H groups in total. The number of hydrogen-bond donors (Lipinski definition) is 1. The zero-order valence-electron chi connectivity index (χ0n) is 9.97. The molecule has 2 unspecified atom stereocenters. The highest BCUT2D eigenvalue weighted by Crippen LogP contribution is 2.28. The van der Waals surface area contributed by atoms with Gasteiger partial charge in [-0.3, -0.25) is 4.90 Å². The van der Waals surface area contributed by atoms with Crippen molar-refractivity contribution in [2.45, 2.75) is 25.8 Å². The van der Waals surface area contributed by atoms with Crippen LogP contribution in [0.15, 0.2) is 30.3 Å². The Morgan fingerprint density at radius 1 is 1.38 bits per heavy atom. The summed E-state index contributed by atoms with van der Waals surface area (Å²) in [5.41, 5.74) is 1.40. The minimum absolute atomic E-state index is 0.332. The highest BCUT2D eigenvalue weighted by atomic mass is 16.3. The molecule has 2 rings (SSSR count). The topological polar surface area (TPSA) is 23.5 Å². The summed E-state index contributed by atoms with van der Waals surface area (Å²) in [6, 6.07) is 11.2. The van der Waals surface area contributed by atoms with Gasteiger partial charge in [-0.1, -0.05) is 30.3 Å². The monoisotopic (exact) mass is 219 g/mol. The first-order chi connectivity index (χ1) is 7.81. The Kier molecular flexibility index (Phi) is 3.97. The fraction of sp³-hybridized carbons (Fsp3) is 0.571. The molecule has 1 aromatic carbocycles. The third-order valence-corrected chi connectivity index (χ3v) is 3.68. The molecule has 2 nitrogen and oxygen atoms in total. The van der Waals surface area contributed by atoms with E-state index in [2.05, 4.69) is 42.2 Å². The first-order valence-corrected chi connectivity index (χ1v) is 6.21. The molecule has 1 aromatic rings. The summed E-state index contributed by atoms with van der Waals surface area (Å²) in [6.07, 6.45) is 2.19. The molecule has 88 valence electrons. The second kappa shape index (κ2) is 5.46. The lowest BCUT2D eigenvalue weighted by Crippen LogP contribution is -2.24. The molecular formula is C14H21NO. The van der Waals surface area contributed by atoms with E-state index in [1.807, 2.05) is 0 Å². The van der Waals surface area contributed by atoms with Crippen LogP contribution in [0.2, 0.25) is 0 Å². The van der Waals surface area contributed by atoms with Crippen LogP contribution in [-0.2, 0) is 0 Å². The zero-order valence-corrected chi connectivity index (χ0v) is 9.97. The standard InChI is InChI=1S/C14H21NO/c1-12(14-5-3-2-4-6-14)15-9-7-13(11-15)8-10-16/h2-6,12-13,16H,7-11H2,1H3. The Labute approximate surface area is 97.9 Å². The number of aliphatic hydroxyl groups excluding tert-OH is 1. The van der Waals surface area contributed by atoms with Crippen molar-refractivity contribution in [2.75, 3.05) is 19.7 Å². The van der Waals surface area contributed by atoms with Crippen LogP contribution in [0.5, 0.6) is 0 Å². The van der Waals surface area contributed by atoms with Crippen molar-refractivity contribution in [3.8, 4) is 0 Å². The number of nitrogens with zero attached hydrogens (tertiary/aromatic N) is 1. The van der Waals surface area contributed by atoms with Gasteiger partial charge < -0.3 is 5.11 Å². The van der Waals surface area contributed by atoms with E-state index in [4.69, 9.17) is 5.11 Å². The molecule has 0 saturated carbocycles. The summed E-state index contributed by atoms with van der Waals surface area (Å²) in [5.74, 6) is 0.691. The Hall–Kier alpha value is -0.860. The third-order valence-electron chi connectivity index (χ3n) is 3.68. The smallest absolute Gasteiger partial charge is 0.0434 e. The van der Waals surface area contributed by atoms with Crippen LogP contribution in [0.4, 0.5) is 0 Å². The first-order valence-electron chi connectivity index (χ1n) is 6.21. The molecule has 16 heavy (non-hydrogen) atoms. The van der Waals surface area contributed by atoms with Gasteiger partial charge >= 0.3 is 0 Å². The zero-order chi connectivity index (χ0) is 11.4. The number of hydrogen-bond acceptors (Lipinski definition) is 2. The maximum absolute atomic E-state index is 8.95. The number of rotatable bonds is 4. The molecule has 1 heterocycles. The molecule has 0 aliphatic carbocycles. The molecular weight excluding hydrogens is 198 g/mol. The first kappa shape index (κ1) is 11.6. The summed E-state index contributed by atoms with van der Waals surface area (Å²) in [6.45, 7) is 4.91. The normalized spacial score (nSPS) is 23.5.